The molecule has 0 fully saturated rings. The van der Waals surface area contributed by atoms with Crippen molar-refractivity contribution in [1.82, 2.24) is 5.01 Å². The monoisotopic (exact) mass is 407 g/mol. The highest BCUT2D eigenvalue weighted by molar-refractivity contribution is 6.05. The molecule has 0 bridgehead atoms. The molecule has 1 heterocycles. The summed E-state index contributed by atoms with van der Waals surface area (Å²) in [5.41, 5.74) is -2.90. The first-order chi connectivity index (χ1) is 13.6. The average Bonchev–Trinajstić information content (AvgIpc) is 3.06. The van der Waals surface area contributed by atoms with Gasteiger partial charge in [-0.05, 0) is 29.7 Å². The fraction of sp³-hybridized carbons (Fsp3) is 0.263. The number of nitrogens with zero attached hydrogens (tertiary/aromatic N) is 3. The number of hydrogen-bond donors (Lipinski definition) is 1. The van der Waals surface area contributed by atoms with Gasteiger partial charge in [0.2, 0.25) is 0 Å². The number of benzene rings is 2. The molecule has 2 aromatic rings. The van der Waals surface area contributed by atoms with Crippen LogP contribution in [-0.2, 0) is 6.42 Å². The topological polar surface area (TPSA) is 96.0 Å². The lowest BCUT2D eigenvalue weighted by Gasteiger charge is -2.32. The third kappa shape index (κ3) is 3.70. The molecule has 1 amide bonds. The van der Waals surface area contributed by atoms with Crippen LogP contribution < -0.4 is 0 Å². The average molecular weight is 407 g/mol. The smallest absolute Gasteiger partial charge is 0.362 e. The predicted octanol–water partition coefficient (Wildman–Crippen LogP) is 3.66. The molecule has 1 N–H and O–H groups in total. The Bertz CT molecular complexity index is 972. The van der Waals surface area contributed by atoms with E-state index in [1.54, 1.807) is 24.3 Å². The molecule has 0 saturated heterocycles. The van der Waals surface area contributed by atoms with E-state index in [1.165, 1.54) is 0 Å². The Morgan fingerprint density at radius 2 is 1.79 bits per heavy atom. The fourth-order valence-corrected chi connectivity index (χ4v) is 2.92. The van der Waals surface area contributed by atoms with Crippen molar-refractivity contribution in [3.63, 3.8) is 0 Å². The van der Waals surface area contributed by atoms with E-state index in [2.05, 4.69) is 5.10 Å². The lowest BCUT2D eigenvalue weighted by atomic mass is 9.99. The highest BCUT2D eigenvalue weighted by atomic mass is 19.4. The van der Waals surface area contributed by atoms with Crippen molar-refractivity contribution in [2.45, 2.75) is 31.7 Å². The summed E-state index contributed by atoms with van der Waals surface area (Å²) in [6.07, 6.45) is -5.36. The Hall–Kier alpha value is -3.27. The molecule has 1 aliphatic rings. The second kappa shape index (κ2) is 7.28. The van der Waals surface area contributed by atoms with Crippen LogP contribution in [0.4, 0.5) is 18.9 Å². The molecule has 0 spiro atoms. The largest absolute Gasteiger partial charge is 0.438 e. The van der Waals surface area contributed by atoms with Gasteiger partial charge in [0.25, 0.3) is 17.3 Å². The molecule has 2 aromatic carbocycles. The number of nitro benzene ring substituents is 1. The molecule has 152 valence electrons. The van der Waals surface area contributed by atoms with E-state index in [9.17, 15) is 33.2 Å². The van der Waals surface area contributed by atoms with E-state index >= 15 is 0 Å². The molecule has 1 atom stereocenters. The van der Waals surface area contributed by atoms with Gasteiger partial charge in [0.15, 0.2) is 0 Å². The zero-order valence-electron chi connectivity index (χ0n) is 15.2. The molecule has 0 aromatic heterocycles. The van der Waals surface area contributed by atoms with Crippen LogP contribution in [0.25, 0.3) is 0 Å². The minimum Gasteiger partial charge on any atom is -0.362 e. The summed E-state index contributed by atoms with van der Waals surface area (Å²) >= 11 is 0. The number of aryl methyl sites for hydroxylation is 1. The van der Waals surface area contributed by atoms with Crippen LogP contribution >= 0.6 is 0 Å². The number of nitro groups is 1. The van der Waals surface area contributed by atoms with Crippen LogP contribution in [0, 0.1) is 10.1 Å². The second-order valence-electron chi connectivity index (χ2n) is 6.51. The predicted molar refractivity (Wildman–Crippen MR) is 97.2 cm³/mol. The maximum atomic E-state index is 13.6. The number of amides is 1. The summed E-state index contributed by atoms with van der Waals surface area (Å²) < 4.78 is 40.9. The molecule has 1 aliphatic heterocycles. The first kappa shape index (κ1) is 20.5. The second-order valence-corrected chi connectivity index (χ2v) is 6.51. The number of hydrogen-bond acceptors (Lipinski definition) is 5. The van der Waals surface area contributed by atoms with Gasteiger partial charge in [-0.25, -0.2) is 0 Å². The molecular weight excluding hydrogens is 391 g/mol. The van der Waals surface area contributed by atoms with Crippen LogP contribution in [0.15, 0.2) is 53.6 Å². The Kier molecular flexibility index (Phi) is 5.14. The van der Waals surface area contributed by atoms with Crippen LogP contribution in [0.3, 0.4) is 0 Å². The van der Waals surface area contributed by atoms with Crippen molar-refractivity contribution in [3.05, 3.63) is 75.3 Å². The number of alkyl halides is 3. The lowest BCUT2D eigenvalue weighted by Crippen LogP contribution is -2.56. The number of non-ortho nitro benzene ring substituents is 1. The standard InChI is InChI=1S/C19H16F3N3O4/c1-2-12-3-5-13(6-4-12)16-11-18(27,19(20,21)22)24(23-16)17(26)14-7-9-15(10-8-14)25(28)29/h3-10,27H,2,11H2,1H3/t18-/m0/s1. The zero-order chi connectivity index (χ0) is 21.4. The van der Waals surface area contributed by atoms with Crippen LogP contribution in [0.2, 0.25) is 0 Å². The summed E-state index contributed by atoms with van der Waals surface area (Å²) in [6, 6.07) is 10.6. The third-order valence-electron chi connectivity index (χ3n) is 4.65. The van der Waals surface area contributed by atoms with Gasteiger partial charge in [-0.1, -0.05) is 31.2 Å². The fourth-order valence-electron chi connectivity index (χ4n) is 2.92. The van der Waals surface area contributed by atoms with Gasteiger partial charge in [0.05, 0.1) is 17.1 Å². The van der Waals surface area contributed by atoms with E-state index in [0.29, 0.717) is 5.56 Å². The van der Waals surface area contributed by atoms with Crippen molar-refractivity contribution < 1.29 is 28.0 Å². The van der Waals surface area contributed by atoms with E-state index in [1.807, 2.05) is 6.92 Å². The third-order valence-corrected chi connectivity index (χ3v) is 4.65. The maximum absolute atomic E-state index is 13.6. The quantitative estimate of drug-likeness (QED) is 0.618. The Morgan fingerprint density at radius 1 is 1.21 bits per heavy atom. The first-order valence-corrected chi connectivity index (χ1v) is 8.61. The number of rotatable bonds is 4. The van der Waals surface area contributed by atoms with Crippen LogP contribution in [0.5, 0.6) is 0 Å². The molecule has 0 radical (unpaired) electrons. The summed E-state index contributed by atoms with van der Waals surface area (Å²) in [7, 11) is 0. The van der Waals surface area contributed by atoms with Gasteiger partial charge < -0.3 is 5.11 Å². The number of hydrazone groups is 1. The van der Waals surface area contributed by atoms with E-state index in [4.69, 9.17) is 0 Å². The van der Waals surface area contributed by atoms with Gasteiger partial charge in [-0.2, -0.15) is 23.3 Å². The van der Waals surface area contributed by atoms with Gasteiger partial charge in [-0.3, -0.25) is 14.9 Å². The van der Waals surface area contributed by atoms with Gasteiger partial charge in [-0.15, -0.1) is 0 Å². The molecule has 0 saturated carbocycles. The van der Waals surface area contributed by atoms with E-state index in [0.717, 1.165) is 36.2 Å². The van der Waals surface area contributed by atoms with Gasteiger partial charge >= 0.3 is 6.18 Å². The number of carbonyl (C=O) groups is 1. The summed E-state index contributed by atoms with van der Waals surface area (Å²) in [4.78, 5) is 22.7. The number of halogens is 3. The minimum atomic E-state index is -5.17. The first-order valence-electron chi connectivity index (χ1n) is 8.61. The molecule has 0 unspecified atom stereocenters. The summed E-state index contributed by atoms with van der Waals surface area (Å²) in [5, 5.41) is 24.8. The van der Waals surface area contributed by atoms with Gasteiger partial charge in [0, 0.05) is 17.7 Å². The summed E-state index contributed by atoms with van der Waals surface area (Å²) in [6.45, 7) is 1.93. The Balaban J connectivity index is 2.00. The van der Waals surface area contributed by atoms with Gasteiger partial charge in [0.1, 0.15) is 0 Å². The maximum Gasteiger partial charge on any atom is 0.438 e. The van der Waals surface area contributed by atoms with E-state index in [-0.39, 0.29) is 22.0 Å². The number of carbonyl (C=O) groups excluding carboxylic acids is 1. The van der Waals surface area contributed by atoms with Crippen molar-refractivity contribution in [2.75, 3.05) is 0 Å². The normalized spacial score (nSPS) is 19.2. The SMILES string of the molecule is CCc1ccc(C2=NN(C(=O)c3ccc([N+](=O)[O-])cc3)[C@@](O)(C(F)(F)F)C2)cc1. The Morgan fingerprint density at radius 3 is 2.28 bits per heavy atom. The van der Waals surface area contributed by atoms with Crippen molar-refractivity contribution in [2.24, 2.45) is 5.10 Å². The minimum absolute atomic E-state index is 0.00275. The molecule has 7 nitrogen and oxygen atoms in total. The summed E-state index contributed by atoms with van der Waals surface area (Å²) in [5.74, 6) is -1.22. The van der Waals surface area contributed by atoms with Crippen molar-refractivity contribution in [1.29, 1.82) is 0 Å². The van der Waals surface area contributed by atoms with E-state index < -0.39 is 29.2 Å². The zero-order valence-corrected chi connectivity index (χ0v) is 15.2. The molecule has 3 rings (SSSR count). The highest BCUT2D eigenvalue weighted by Gasteiger charge is 2.63. The lowest BCUT2D eigenvalue weighted by molar-refractivity contribution is -0.384. The molecule has 0 aliphatic carbocycles. The Labute approximate surface area is 163 Å². The van der Waals surface area contributed by atoms with Crippen LogP contribution in [0.1, 0.15) is 34.8 Å². The van der Waals surface area contributed by atoms with Crippen molar-refractivity contribution >= 4 is 17.3 Å². The molecule has 29 heavy (non-hydrogen) atoms. The van der Waals surface area contributed by atoms with Crippen LogP contribution in [-0.4, -0.2) is 38.6 Å². The molecule has 10 heteroatoms. The highest BCUT2D eigenvalue weighted by Crippen LogP contribution is 2.42. The molecular formula is C19H16F3N3O4. The van der Waals surface area contributed by atoms with Crippen molar-refractivity contribution in [3.8, 4) is 0 Å². The number of aliphatic hydroxyl groups is 1.